The number of hydrogen-bond acceptors (Lipinski definition) is 3. The number of carbonyl (C=O) groups excluding carboxylic acids is 2. The van der Waals surface area contributed by atoms with E-state index in [1.807, 2.05) is 31.2 Å². The number of nitrogens with zero attached hydrogens (tertiary/aromatic N) is 1. The average molecular weight is 423 g/mol. The molecular weight excluding hydrogens is 407 g/mol. The number of carbonyl (C=O) groups is 2. The van der Waals surface area contributed by atoms with E-state index >= 15 is 0 Å². The first kappa shape index (κ1) is 19.2. The van der Waals surface area contributed by atoms with Crippen LogP contribution >= 0.6 is 23.2 Å². The molecule has 3 aromatic carbocycles. The highest BCUT2D eigenvalue weighted by Gasteiger charge is 2.40. The summed E-state index contributed by atoms with van der Waals surface area (Å²) in [5, 5.41) is 4.25. The third-order valence-electron chi connectivity index (χ3n) is 4.71. The SMILES string of the molecule is Cc1ccccc1NC1=C(c2ccc(Cl)cc2)C(=O)N(c2ccc(Cl)cc2)C1=O. The van der Waals surface area contributed by atoms with Gasteiger partial charge in [-0.1, -0.05) is 53.5 Å². The lowest BCUT2D eigenvalue weighted by molar-refractivity contribution is -0.120. The van der Waals surface area contributed by atoms with Crippen molar-refractivity contribution < 1.29 is 9.59 Å². The molecule has 29 heavy (non-hydrogen) atoms. The van der Waals surface area contributed by atoms with Crippen LogP contribution in [0.4, 0.5) is 11.4 Å². The molecule has 0 radical (unpaired) electrons. The summed E-state index contributed by atoms with van der Waals surface area (Å²) in [6.45, 7) is 1.93. The molecule has 4 nitrogen and oxygen atoms in total. The minimum absolute atomic E-state index is 0.224. The van der Waals surface area contributed by atoms with Crippen LogP contribution < -0.4 is 10.2 Å². The minimum Gasteiger partial charge on any atom is -0.350 e. The number of para-hydroxylation sites is 1. The number of imide groups is 1. The Morgan fingerprint density at radius 3 is 1.97 bits per heavy atom. The molecule has 1 N–H and O–H groups in total. The minimum atomic E-state index is -0.425. The Bertz CT molecular complexity index is 1140. The fourth-order valence-corrected chi connectivity index (χ4v) is 3.45. The van der Waals surface area contributed by atoms with Crippen LogP contribution in [0.5, 0.6) is 0 Å². The molecule has 0 atom stereocenters. The van der Waals surface area contributed by atoms with Crippen molar-refractivity contribution in [3.05, 3.63) is 99.7 Å². The largest absolute Gasteiger partial charge is 0.350 e. The molecule has 4 rings (SSSR count). The maximum absolute atomic E-state index is 13.3. The lowest BCUT2D eigenvalue weighted by Gasteiger charge is -2.15. The number of rotatable bonds is 4. The van der Waals surface area contributed by atoms with Crippen molar-refractivity contribution >= 4 is 52.0 Å². The Morgan fingerprint density at radius 1 is 0.759 bits per heavy atom. The standard InChI is InChI=1S/C23H16Cl2N2O2/c1-14-4-2-3-5-19(14)26-21-20(15-6-8-16(24)9-7-15)22(28)27(23(21)29)18-12-10-17(25)11-13-18/h2-13,26H,1H3. The predicted molar refractivity (Wildman–Crippen MR) is 117 cm³/mol. The second-order valence-corrected chi connectivity index (χ2v) is 7.49. The van der Waals surface area contributed by atoms with Crippen LogP contribution in [0.1, 0.15) is 11.1 Å². The molecule has 0 saturated carbocycles. The number of halogens is 2. The molecule has 0 bridgehead atoms. The van der Waals surface area contributed by atoms with Crippen molar-refractivity contribution in [3.63, 3.8) is 0 Å². The zero-order chi connectivity index (χ0) is 20.5. The van der Waals surface area contributed by atoms with Gasteiger partial charge in [-0.3, -0.25) is 9.59 Å². The molecule has 3 aromatic rings. The molecule has 0 fully saturated rings. The Labute approximate surface area is 178 Å². The topological polar surface area (TPSA) is 49.4 Å². The third kappa shape index (κ3) is 3.65. The molecule has 1 heterocycles. The monoisotopic (exact) mass is 422 g/mol. The normalized spacial score (nSPS) is 14.0. The van der Waals surface area contributed by atoms with Gasteiger partial charge in [0.2, 0.25) is 0 Å². The maximum Gasteiger partial charge on any atom is 0.282 e. The van der Waals surface area contributed by atoms with Crippen LogP contribution in [0.3, 0.4) is 0 Å². The average Bonchev–Trinajstić information content (AvgIpc) is 2.95. The van der Waals surface area contributed by atoms with Crippen LogP contribution in [0.15, 0.2) is 78.5 Å². The van der Waals surface area contributed by atoms with Crippen molar-refractivity contribution in [2.24, 2.45) is 0 Å². The van der Waals surface area contributed by atoms with E-state index in [9.17, 15) is 9.59 Å². The first-order valence-electron chi connectivity index (χ1n) is 8.93. The van der Waals surface area contributed by atoms with E-state index in [0.29, 0.717) is 26.9 Å². The lowest BCUT2D eigenvalue weighted by Crippen LogP contribution is -2.32. The van der Waals surface area contributed by atoms with E-state index in [0.717, 1.165) is 16.2 Å². The number of amides is 2. The Balaban J connectivity index is 1.83. The van der Waals surface area contributed by atoms with Gasteiger partial charge >= 0.3 is 0 Å². The molecule has 0 aliphatic carbocycles. The fraction of sp³-hybridized carbons (Fsp3) is 0.0435. The van der Waals surface area contributed by atoms with Crippen molar-refractivity contribution in [1.29, 1.82) is 0 Å². The first-order chi connectivity index (χ1) is 14.0. The van der Waals surface area contributed by atoms with E-state index in [4.69, 9.17) is 23.2 Å². The van der Waals surface area contributed by atoms with Crippen LogP contribution in [0.2, 0.25) is 10.0 Å². The second-order valence-electron chi connectivity index (χ2n) is 6.62. The van der Waals surface area contributed by atoms with Gasteiger partial charge in [-0.25, -0.2) is 4.90 Å². The molecule has 1 aliphatic heterocycles. The summed E-state index contributed by atoms with van der Waals surface area (Å²) in [6.07, 6.45) is 0. The van der Waals surface area contributed by atoms with Gasteiger partial charge in [0.15, 0.2) is 0 Å². The number of benzene rings is 3. The lowest BCUT2D eigenvalue weighted by atomic mass is 10.0. The van der Waals surface area contributed by atoms with Gasteiger partial charge in [-0.2, -0.15) is 0 Å². The van der Waals surface area contributed by atoms with Gasteiger partial charge in [0.1, 0.15) is 5.70 Å². The number of aryl methyl sites for hydroxylation is 1. The van der Waals surface area contributed by atoms with E-state index in [1.54, 1.807) is 48.5 Å². The summed E-state index contributed by atoms with van der Waals surface area (Å²) in [5.74, 6) is -0.832. The predicted octanol–water partition coefficient (Wildman–Crippen LogP) is 5.70. The van der Waals surface area contributed by atoms with Gasteiger partial charge in [-0.15, -0.1) is 0 Å². The van der Waals surface area contributed by atoms with Gasteiger partial charge < -0.3 is 5.32 Å². The van der Waals surface area contributed by atoms with Crippen LogP contribution in [0, 0.1) is 6.92 Å². The van der Waals surface area contributed by atoms with E-state index in [-0.39, 0.29) is 5.70 Å². The summed E-state index contributed by atoms with van der Waals surface area (Å²) in [7, 11) is 0. The molecule has 2 amide bonds. The van der Waals surface area contributed by atoms with Gasteiger partial charge in [-0.05, 0) is 60.5 Å². The summed E-state index contributed by atoms with van der Waals surface area (Å²) in [6, 6.07) is 21.0. The van der Waals surface area contributed by atoms with Gasteiger partial charge in [0.25, 0.3) is 11.8 Å². The Kier molecular flexibility index (Phi) is 5.14. The summed E-state index contributed by atoms with van der Waals surface area (Å²) < 4.78 is 0. The second kappa shape index (κ2) is 7.74. The highest BCUT2D eigenvalue weighted by Crippen LogP contribution is 2.35. The zero-order valence-corrected chi connectivity index (χ0v) is 17.0. The van der Waals surface area contributed by atoms with Crippen molar-refractivity contribution in [3.8, 4) is 0 Å². The van der Waals surface area contributed by atoms with Crippen LogP contribution in [-0.4, -0.2) is 11.8 Å². The molecular formula is C23H16Cl2N2O2. The molecule has 144 valence electrons. The van der Waals surface area contributed by atoms with Crippen molar-refractivity contribution in [2.45, 2.75) is 6.92 Å². The van der Waals surface area contributed by atoms with E-state index < -0.39 is 11.8 Å². The molecule has 0 unspecified atom stereocenters. The third-order valence-corrected chi connectivity index (χ3v) is 5.21. The van der Waals surface area contributed by atoms with Gasteiger partial charge in [0, 0.05) is 15.7 Å². The van der Waals surface area contributed by atoms with E-state index in [2.05, 4.69) is 5.32 Å². The molecule has 0 spiro atoms. The zero-order valence-electron chi connectivity index (χ0n) is 15.4. The quantitative estimate of drug-likeness (QED) is 0.548. The number of nitrogens with one attached hydrogen (secondary N) is 1. The molecule has 0 saturated heterocycles. The Morgan fingerprint density at radius 2 is 1.34 bits per heavy atom. The van der Waals surface area contributed by atoms with Crippen molar-refractivity contribution in [1.82, 2.24) is 0 Å². The molecule has 6 heteroatoms. The summed E-state index contributed by atoms with van der Waals surface area (Å²) in [4.78, 5) is 27.8. The maximum atomic E-state index is 13.3. The Hall–Kier alpha value is -3.08. The van der Waals surface area contributed by atoms with Crippen molar-refractivity contribution in [2.75, 3.05) is 10.2 Å². The highest BCUT2D eigenvalue weighted by molar-refractivity contribution is 6.46. The molecule has 1 aliphatic rings. The number of hydrogen-bond donors (Lipinski definition) is 1. The fourth-order valence-electron chi connectivity index (χ4n) is 3.20. The summed E-state index contributed by atoms with van der Waals surface area (Å²) >= 11 is 12.0. The van der Waals surface area contributed by atoms with Crippen LogP contribution in [-0.2, 0) is 9.59 Å². The number of anilines is 2. The molecule has 0 aromatic heterocycles. The first-order valence-corrected chi connectivity index (χ1v) is 9.68. The highest BCUT2D eigenvalue weighted by atomic mass is 35.5. The summed E-state index contributed by atoms with van der Waals surface area (Å²) in [5.41, 5.74) is 3.30. The van der Waals surface area contributed by atoms with Crippen LogP contribution in [0.25, 0.3) is 5.57 Å². The smallest absolute Gasteiger partial charge is 0.282 e. The van der Waals surface area contributed by atoms with Gasteiger partial charge in [0.05, 0.1) is 11.3 Å². The van der Waals surface area contributed by atoms with E-state index in [1.165, 1.54) is 0 Å².